The van der Waals surface area contributed by atoms with Crippen molar-refractivity contribution in [3.8, 4) is 0 Å². The Labute approximate surface area is 130 Å². The third kappa shape index (κ3) is 4.31. The predicted molar refractivity (Wildman–Crippen MR) is 89.3 cm³/mol. The smallest absolute Gasteiger partial charge is 0.0233 e. The fraction of sp³-hybridized carbons (Fsp3) is 0.684. The Morgan fingerprint density at radius 1 is 0.905 bits per heavy atom. The normalized spacial score (nSPS) is 22.3. The minimum atomic E-state index is 0.970. The molecule has 1 aromatic rings. The molecule has 0 N–H and O–H groups in total. The first-order valence-electron chi connectivity index (χ1n) is 8.82. The number of hydrogen-bond acceptors (Lipinski definition) is 2. The summed E-state index contributed by atoms with van der Waals surface area (Å²) < 4.78 is 0. The van der Waals surface area contributed by atoms with Gasteiger partial charge in [0.05, 0.1) is 0 Å². The minimum Gasteiger partial charge on any atom is -0.304 e. The van der Waals surface area contributed by atoms with E-state index in [-0.39, 0.29) is 0 Å². The Hall–Kier alpha value is -0.860. The molecule has 0 aliphatic carbocycles. The number of benzene rings is 1. The van der Waals surface area contributed by atoms with Crippen molar-refractivity contribution in [3.63, 3.8) is 0 Å². The summed E-state index contributed by atoms with van der Waals surface area (Å²) in [6.45, 7) is 10.00. The van der Waals surface area contributed by atoms with Crippen molar-refractivity contribution >= 4 is 0 Å². The van der Waals surface area contributed by atoms with Gasteiger partial charge < -0.3 is 4.90 Å². The molecule has 2 aliphatic rings. The molecule has 0 spiro atoms. The molecule has 0 atom stereocenters. The lowest BCUT2D eigenvalue weighted by molar-refractivity contribution is 0.0770. The van der Waals surface area contributed by atoms with Gasteiger partial charge in [-0.2, -0.15) is 0 Å². The fourth-order valence-electron chi connectivity index (χ4n) is 3.89. The number of nitrogens with zero attached hydrogens (tertiary/aromatic N) is 2. The van der Waals surface area contributed by atoms with E-state index in [1.165, 1.54) is 64.0 Å². The van der Waals surface area contributed by atoms with Gasteiger partial charge in [0, 0.05) is 19.6 Å². The zero-order valence-corrected chi connectivity index (χ0v) is 13.5. The van der Waals surface area contributed by atoms with Crippen LogP contribution in [0.25, 0.3) is 0 Å². The quantitative estimate of drug-likeness (QED) is 0.788. The lowest BCUT2D eigenvalue weighted by atomic mass is 9.86. The molecule has 0 unspecified atom stereocenters. The molecule has 0 radical (unpaired) electrons. The zero-order valence-electron chi connectivity index (χ0n) is 13.5. The van der Waals surface area contributed by atoms with Crippen LogP contribution >= 0.6 is 0 Å². The summed E-state index contributed by atoms with van der Waals surface area (Å²) in [5.41, 5.74) is 1.46. The van der Waals surface area contributed by atoms with Gasteiger partial charge in [0.25, 0.3) is 0 Å². The van der Waals surface area contributed by atoms with Crippen molar-refractivity contribution in [1.29, 1.82) is 0 Å². The van der Waals surface area contributed by atoms with E-state index in [2.05, 4.69) is 47.1 Å². The van der Waals surface area contributed by atoms with Gasteiger partial charge in [-0.15, -0.1) is 0 Å². The van der Waals surface area contributed by atoms with Crippen molar-refractivity contribution in [2.75, 3.05) is 32.7 Å². The predicted octanol–water partition coefficient (Wildman–Crippen LogP) is 3.63. The van der Waals surface area contributed by atoms with Gasteiger partial charge in [-0.1, -0.05) is 37.3 Å². The summed E-state index contributed by atoms with van der Waals surface area (Å²) in [4.78, 5) is 5.20. The van der Waals surface area contributed by atoms with Gasteiger partial charge in [-0.25, -0.2) is 0 Å². The van der Waals surface area contributed by atoms with Crippen LogP contribution in [0.5, 0.6) is 0 Å². The van der Waals surface area contributed by atoms with E-state index in [4.69, 9.17) is 0 Å². The van der Waals surface area contributed by atoms with Crippen molar-refractivity contribution in [1.82, 2.24) is 9.80 Å². The topological polar surface area (TPSA) is 6.48 Å². The molecule has 2 aliphatic heterocycles. The summed E-state index contributed by atoms with van der Waals surface area (Å²) in [5, 5.41) is 0. The fourth-order valence-corrected chi connectivity index (χ4v) is 3.89. The van der Waals surface area contributed by atoms with Gasteiger partial charge in [0.15, 0.2) is 0 Å². The molecule has 116 valence electrons. The first kappa shape index (κ1) is 15.1. The number of likely N-dealkylation sites (tertiary alicyclic amines) is 2. The molecular formula is C19H30N2. The van der Waals surface area contributed by atoms with Crippen LogP contribution in [0.3, 0.4) is 0 Å². The van der Waals surface area contributed by atoms with Gasteiger partial charge in [0.1, 0.15) is 0 Å². The zero-order chi connectivity index (χ0) is 14.5. The SMILES string of the molecule is CCN1CCC(CCC2CN(Cc3ccccc3)C2)CC1. The third-order valence-electron chi connectivity index (χ3n) is 5.42. The number of hydrogen-bond donors (Lipinski definition) is 0. The third-order valence-corrected chi connectivity index (χ3v) is 5.42. The van der Waals surface area contributed by atoms with Crippen molar-refractivity contribution < 1.29 is 0 Å². The lowest BCUT2D eigenvalue weighted by Crippen LogP contribution is -2.46. The summed E-state index contributed by atoms with van der Waals surface area (Å²) in [6.07, 6.45) is 5.81. The highest BCUT2D eigenvalue weighted by molar-refractivity contribution is 5.14. The Bertz CT molecular complexity index is 403. The monoisotopic (exact) mass is 286 g/mol. The van der Waals surface area contributed by atoms with Gasteiger partial charge in [-0.05, 0) is 62.7 Å². The molecular weight excluding hydrogens is 256 g/mol. The van der Waals surface area contributed by atoms with Crippen molar-refractivity contribution in [2.45, 2.75) is 39.2 Å². The standard InChI is InChI=1S/C19H30N2/c1-2-20-12-10-17(11-13-20)8-9-19-15-21(16-19)14-18-6-4-3-5-7-18/h3-7,17,19H,2,8-16H2,1H3. The van der Waals surface area contributed by atoms with E-state index < -0.39 is 0 Å². The Balaban J connectivity index is 1.29. The maximum atomic E-state index is 2.60. The maximum Gasteiger partial charge on any atom is 0.0233 e. The molecule has 3 rings (SSSR count). The van der Waals surface area contributed by atoms with Gasteiger partial charge in [-0.3, -0.25) is 4.90 Å². The van der Waals surface area contributed by atoms with E-state index in [0.717, 1.165) is 18.4 Å². The van der Waals surface area contributed by atoms with E-state index in [1.54, 1.807) is 0 Å². The van der Waals surface area contributed by atoms with Crippen LogP contribution in [0, 0.1) is 11.8 Å². The van der Waals surface area contributed by atoms with Crippen molar-refractivity contribution in [2.24, 2.45) is 11.8 Å². The van der Waals surface area contributed by atoms with E-state index in [9.17, 15) is 0 Å². The van der Waals surface area contributed by atoms with Crippen LogP contribution in [0.15, 0.2) is 30.3 Å². The van der Waals surface area contributed by atoms with Crippen LogP contribution in [0.2, 0.25) is 0 Å². The summed E-state index contributed by atoms with van der Waals surface area (Å²) in [6, 6.07) is 10.9. The van der Waals surface area contributed by atoms with Crippen LogP contribution in [-0.4, -0.2) is 42.5 Å². The second-order valence-corrected chi connectivity index (χ2v) is 7.00. The highest BCUT2D eigenvalue weighted by Crippen LogP contribution is 2.28. The largest absolute Gasteiger partial charge is 0.304 e. The van der Waals surface area contributed by atoms with E-state index in [1.807, 2.05) is 0 Å². The molecule has 2 nitrogen and oxygen atoms in total. The number of piperidine rings is 1. The molecule has 2 heterocycles. The first-order chi connectivity index (χ1) is 10.3. The lowest BCUT2D eigenvalue weighted by Gasteiger charge is -2.40. The highest BCUT2D eigenvalue weighted by Gasteiger charge is 2.27. The van der Waals surface area contributed by atoms with E-state index in [0.29, 0.717) is 0 Å². The van der Waals surface area contributed by atoms with Gasteiger partial charge in [0.2, 0.25) is 0 Å². The first-order valence-corrected chi connectivity index (χ1v) is 8.82. The minimum absolute atomic E-state index is 0.970. The highest BCUT2D eigenvalue weighted by atomic mass is 15.2. The van der Waals surface area contributed by atoms with Crippen LogP contribution < -0.4 is 0 Å². The molecule has 0 amide bonds. The number of rotatable bonds is 6. The van der Waals surface area contributed by atoms with Crippen LogP contribution in [0.4, 0.5) is 0 Å². The van der Waals surface area contributed by atoms with Gasteiger partial charge >= 0.3 is 0 Å². The Kier molecular flexibility index (Phi) is 5.32. The van der Waals surface area contributed by atoms with Crippen LogP contribution in [-0.2, 0) is 6.54 Å². The second kappa shape index (κ2) is 7.42. The van der Waals surface area contributed by atoms with E-state index >= 15 is 0 Å². The molecule has 2 heteroatoms. The molecule has 0 saturated carbocycles. The van der Waals surface area contributed by atoms with Crippen LogP contribution in [0.1, 0.15) is 38.2 Å². The second-order valence-electron chi connectivity index (χ2n) is 7.00. The summed E-state index contributed by atoms with van der Waals surface area (Å²) in [7, 11) is 0. The summed E-state index contributed by atoms with van der Waals surface area (Å²) in [5.74, 6) is 1.98. The molecule has 21 heavy (non-hydrogen) atoms. The maximum absolute atomic E-state index is 2.60. The average molecular weight is 286 g/mol. The molecule has 0 bridgehead atoms. The average Bonchev–Trinajstić information content (AvgIpc) is 2.51. The molecule has 2 fully saturated rings. The van der Waals surface area contributed by atoms with Crippen molar-refractivity contribution in [3.05, 3.63) is 35.9 Å². The molecule has 0 aromatic heterocycles. The molecule has 2 saturated heterocycles. The molecule has 1 aromatic carbocycles. The summed E-state index contributed by atoms with van der Waals surface area (Å²) >= 11 is 0. The Morgan fingerprint density at radius 2 is 1.57 bits per heavy atom. The Morgan fingerprint density at radius 3 is 2.24 bits per heavy atom.